The van der Waals surface area contributed by atoms with E-state index in [1.165, 1.54) is 0 Å². The third-order valence-corrected chi connectivity index (χ3v) is 3.73. The average molecular weight is 261 g/mol. The van der Waals surface area contributed by atoms with Gasteiger partial charge in [0.15, 0.2) is 11.9 Å². The molecule has 3 unspecified atom stereocenters. The van der Waals surface area contributed by atoms with Gasteiger partial charge in [-0.25, -0.2) is 0 Å². The maximum absolute atomic E-state index is 8.93. The van der Waals surface area contributed by atoms with Gasteiger partial charge < -0.3 is 18.9 Å². The van der Waals surface area contributed by atoms with Crippen LogP contribution >= 0.6 is 0 Å². The number of fused-ring (bicyclic) bond motifs is 3. The van der Waals surface area contributed by atoms with Gasteiger partial charge in [0, 0.05) is 19.8 Å². The predicted molar refractivity (Wildman–Crippen MR) is 65.6 cm³/mol. The van der Waals surface area contributed by atoms with Gasteiger partial charge in [-0.1, -0.05) is 0 Å². The van der Waals surface area contributed by atoms with Gasteiger partial charge in [0.1, 0.15) is 18.0 Å². The first-order valence-corrected chi connectivity index (χ1v) is 6.08. The van der Waals surface area contributed by atoms with Crippen LogP contribution in [0, 0.1) is 11.3 Å². The summed E-state index contributed by atoms with van der Waals surface area (Å²) in [6, 6.07) is 7.47. The zero-order chi connectivity index (χ0) is 13.6. The number of nitrogens with zero attached hydrogens (tertiary/aromatic N) is 1. The molecule has 0 N–H and O–H groups in total. The summed E-state index contributed by atoms with van der Waals surface area (Å²) in [5.41, 5.74) is 0.845. The van der Waals surface area contributed by atoms with Crippen molar-refractivity contribution in [3.63, 3.8) is 0 Å². The van der Waals surface area contributed by atoms with E-state index in [2.05, 4.69) is 6.07 Å². The Morgan fingerprint density at radius 1 is 1.37 bits per heavy atom. The molecule has 0 aromatic heterocycles. The van der Waals surface area contributed by atoms with Gasteiger partial charge >= 0.3 is 0 Å². The largest absolute Gasteiger partial charge is 0.479 e. The highest BCUT2D eigenvalue weighted by atomic mass is 16.7. The molecule has 1 aromatic rings. The predicted octanol–water partition coefficient (Wildman–Crippen LogP) is 1.77. The summed E-state index contributed by atoms with van der Waals surface area (Å²) in [5, 5.41) is 8.93. The van der Waals surface area contributed by atoms with Gasteiger partial charge in [-0.2, -0.15) is 5.26 Å². The second-order valence-corrected chi connectivity index (χ2v) is 4.93. The van der Waals surface area contributed by atoms with Crippen molar-refractivity contribution < 1.29 is 18.9 Å². The van der Waals surface area contributed by atoms with Crippen molar-refractivity contribution in [2.45, 2.75) is 31.0 Å². The molecular weight excluding hydrogens is 246 g/mol. The minimum atomic E-state index is -0.685. The number of ether oxygens (including phenoxy) is 4. The summed E-state index contributed by atoms with van der Waals surface area (Å²) in [6.07, 6.45) is -0.667. The first-order chi connectivity index (χ1) is 9.13. The van der Waals surface area contributed by atoms with Crippen LogP contribution in [0.15, 0.2) is 18.2 Å². The van der Waals surface area contributed by atoms with Crippen molar-refractivity contribution >= 4 is 0 Å². The minimum Gasteiger partial charge on any atom is -0.479 e. The molecule has 19 heavy (non-hydrogen) atoms. The van der Waals surface area contributed by atoms with Crippen LogP contribution in [0.25, 0.3) is 0 Å². The molecule has 5 heteroatoms. The maximum atomic E-state index is 8.93. The Morgan fingerprint density at radius 3 is 2.74 bits per heavy atom. The molecule has 2 aliphatic rings. The topological polar surface area (TPSA) is 64.0 Å². The van der Waals surface area contributed by atoms with Crippen molar-refractivity contribution in [3.05, 3.63) is 29.3 Å². The van der Waals surface area contributed by atoms with Gasteiger partial charge in [-0.05, 0) is 25.1 Å². The smallest absolute Gasteiger partial charge is 0.199 e. The van der Waals surface area contributed by atoms with Crippen molar-refractivity contribution in [3.8, 4) is 11.8 Å². The lowest BCUT2D eigenvalue weighted by atomic mass is 9.91. The van der Waals surface area contributed by atoms with Gasteiger partial charge in [0.25, 0.3) is 0 Å². The fourth-order valence-electron chi connectivity index (χ4n) is 2.76. The second-order valence-electron chi connectivity index (χ2n) is 4.93. The maximum Gasteiger partial charge on any atom is 0.199 e. The summed E-state index contributed by atoms with van der Waals surface area (Å²) in [7, 11) is 3.16. The summed E-state index contributed by atoms with van der Waals surface area (Å²) >= 11 is 0. The molecule has 1 fully saturated rings. The van der Waals surface area contributed by atoms with Crippen LogP contribution in [0.5, 0.6) is 5.75 Å². The van der Waals surface area contributed by atoms with Crippen LogP contribution in [-0.4, -0.2) is 32.2 Å². The lowest BCUT2D eigenvalue weighted by Gasteiger charge is -2.37. The highest BCUT2D eigenvalue weighted by Gasteiger charge is 2.63. The van der Waals surface area contributed by atoms with E-state index in [4.69, 9.17) is 24.2 Å². The fourth-order valence-corrected chi connectivity index (χ4v) is 2.76. The highest BCUT2D eigenvalue weighted by molar-refractivity contribution is 5.48. The zero-order valence-corrected chi connectivity index (χ0v) is 11.0. The number of rotatable bonds is 3. The van der Waals surface area contributed by atoms with E-state index in [9.17, 15) is 0 Å². The third-order valence-electron chi connectivity index (χ3n) is 3.73. The molecule has 0 bridgehead atoms. The van der Waals surface area contributed by atoms with Crippen LogP contribution in [-0.2, 0) is 14.2 Å². The number of hydrogen-bond acceptors (Lipinski definition) is 5. The third kappa shape index (κ3) is 1.72. The molecule has 0 radical (unpaired) electrons. The highest BCUT2D eigenvalue weighted by Crippen LogP contribution is 2.55. The molecule has 2 heterocycles. The van der Waals surface area contributed by atoms with E-state index < -0.39 is 11.9 Å². The first kappa shape index (κ1) is 12.4. The Bertz CT molecular complexity index is 549. The van der Waals surface area contributed by atoms with Crippen LogP contribution in [0.2, 0.25) is 0 Å². The summed E-state index contributed by atoms with van der Waals surface area (Å²) in [6.45, 7) is 1.91. The van der Waals surface area contributed by atoms with Crippen LogP contribution < -0.4 is 4.74 Å². The number of nitriles is 1. The standard InChI is InChI=1S/C14H15NO4/c1-14(13(16-2)17-3)12-11(18-12)9-6-8(7-15)4-5-10(9)19-14/h4-6,11-13H,1-3H3. The lowest BCUT2D eigenvalue weighted by molar-refractivity contribution is -0.205. The molecule has 1 saturated heterocycles. The number of benzene rings is 1. The summed E-state index contributed by atoms with van der Waals surface area (Å²) < 4.78 is 22.4. The van der Waals surface area contributed by atoms with Crippen LogP contribution in [0.1, 0.15) is 24.2 Å². The number of epoxide rings is 1. The Kier molecular flexibility index (Phi) is 2.75. The molecule has 1 aromatic carbocycles. The molecule has 0 aliphatic carbocycles. The van der Waals surface area contributed by atoms with Gasteiger partial charge in [-0.3, -0.25) is 0 Å². The van der Waals surface area contributed by atoms with Gasteiger partial charge in [0.2, 0.25) is 0 Å². The van der Waals surface area contributed by atoms with Gasteiger partial charge in [-0.15, -0.1) is 0 Å². The Balaban J connectivity index is 1.99. The average Bonchev–Trinajstić information content (AvgIpc) is 3.21. The summed E-state index contributed by atoms with van der Waals surface area (Å²) in [4.78, 5) is 0. The molecular formula is C14H15NO4. The monoisotopic (exact) mass is 261 g/mol. The van der Waals surface area contributed by atoms with E-state index in [1.807, 2.05) is 13.0 Å². The second kappa shape index (κ2) is 4.20. The van der Waals surface area contributed by atoms with E-state index >= 15 is 0 Å². The van der Waals surface area contributed by atoms with Crippen LogP contribution in [0.3, 0.4) is 0 Å². The lowest BCUT2D eigenvalue weighted by Crippen LogP contribution is -2.53. The van der Waals surface area contributed by atoms with Crippen molar-refractivity contribution in [2.75, 3.05) is 14.2 Å². The Labute approximate surface area is 111 Å². The molecule has 0 amide bonds. The molecule has 3 rings (SSSR count). The van der Waals surface area contributed by atoms with Crippen molar-refractivity contribution in [2.24, 2.45) is 0 Å². The normalized spacial score (nSPS) is 31.1. The first-order valence-electron chi connectivity index (χ1n) is 6.08. The molecule has 3 atom stereocenters. The quantitative estimate of drug-likeness (QED) is 0.613. The number of methoxy groups -OCH3 is 2. The van der Waals surface area contributed by atoms with E-state index in [0.29, 0.717) is 5.56 Å². The molecule has 0 saturated carbocycles. The molecule has 0 spiro atoms. The van der Waals surface area contributed by atoms with Crippen LogP contribution in [0.4, 0.5) is 0 Å². The zero-order valence-electron chi connectivity index (χ0n) is 11.0. The Morgan fingerprint density at radius 2 is 2.11 bits per heavy atom. The van der Waals surface area contributed by atoms with E-state index in [-0.39, 0.29) is 12.2 Å². The Hall–Kier alpha value is -1.61. The minimum absolute atomic E-state index is 0.0464. The van der Waals surface area contributed by atoms with Gasteiger partial charge in [0.05, 0.1) is 11.6 Å². The molecule has 100 valence electrons. The number of hydrogen-bond donors (Lipinski definition) is 0. The SMILES string of the molecule is COC(OC)C1(C)Oc2ccc(C#N)cc2C2OC21. The molecule has 2 aliphatic heterocycles. The molecule has 5 nitrogen and oxygen atoms in total. The summed E-state index contributed by atoms with van der Waals surface area (Å²) in [5.74, 6) is 0.722. The van der Waals surface area contributed by atoms with E-state index in [0.717, 1.165) is 11.3 Å². The van der Waals surface area contributed by atoms with E-state index in [1.54, 1.807) is 26.4 Å². The van der Waals surface area contributed by atoms with Crippen molar-refractivity contribution in [1.29, 1.82) is 5.26 Å². The van der Waals surface area contributed by atoms with Crippen molar-refractivity contribution in [1.82, 2.24) is 0 Å². The fraction of sp³-hybridized carbons (Fsp3) is 0.500.